The van der Waals surface area contributed by atoms with Crippen LogP contribution in [0.25, 0.3) is 0 Å². The lowest BCUT2D eigenvalue weighted by Gasteiger charge is -2.07. The summed E-state index contributed by atoms with van der Waals surface area (Å²) in [4.78, 5) is 3.95. The molecular weight excluding hydrogens is 239 g/mol. The van der Waals surface area contributed by atoms with Crippen LogP contribution in [0.4, 0.5) is 10.1 Å². The first-order valence-electron chi connectivity index (χ1n) is 5.33. The first kappa shape index (κ1) is 11.9. The average Bonchev–Trinajstić information content (AvgIpc) is 2.29. The van der Waals surface area contributed by atoms with Gasteiger partial charge < -0.3 is 5.32 Å². The van der Waals surface area contributed by atoms with Crippen LogP contribution in [0.5, 0.6) is 0 Å². The number of nitrogens with zero attached hydrogens (tertiary/aromatic N) is 1. The van der Waals surface area contributed by atoms with E-state index in [1.165, 1.54) is 17.7 Å². The largest absolute Gasteiger partial charge is 0.385 e. The lowest BCUT2D eigenvalue weighted by molar-refractivity contribution is 0.628. The lowest BCUT2D eigenvalue weighted by atomic mass is 10.2. The molecule has 0 bridgehead atoms. The zero-order chi connectivity index (χ0) is 12.1. The fourth-order valence-electron chi connectivity index (χ4n) is 1.56. The molecule has 2 nitrogen and oxygen atoms in total. The minimum atomic E-state index is -0.330. The molecule has 2 rings (SSSR count). The Bertz CT molecular complexity index is 468. The predicted molar refractivity (Wildman–Crippen MR) is 67.8 cm³/mol. The van der Waals surface area contributed by atoms with Crippen molar-refractivity contribution in [3.63, 3.8) is 0 Å². The molecule has 88 valence electrons. The van der Waals surface area contributed by atoms with Crippen molar-refractivity contribution in [2.75, 3.05) is 11.9 Å². The topological polar surface area (TPSA) is 24.9 Å². The van der Waals surface area contributed by atoms with E-state index in [9.17, 15) is 4.39 Å². The quantitative estimate of drug-likeness (QED) is 0.898. The summed E-state index contributed by atoms with van der Waals surface area (Å²) in [5, 5.41) is 3.53. The summed E-state index contributed by atoms with van der Waals surface area (Å²) in [6.07, 6.45) is 4.37. The molecule has 0 saturated carbocycles. The van der Waals surface area contributed by atoms with Gasteiger partial charge in [0.25, 0.3) is 0 Å². The summed E-state index contributed by atoms with van der Waals surface area (Å²) < 4.78 is 13.0. The van der Waals surface area contributed by atoms with Crippen molar-refractivity contribution in [1.29, 1.82) is 0 Å². The van der Waals surface area contributed by atoms with Gasteiger partial charge in [0.15, 0.2) is 0 Å². The fraction of sp³-hybridized carbons (Fsp3) is 0.154. The molecule has 0 aliphatic carbocycles. The summed E-state index contributed by atoms with van der Waals surface area (Å²) in [6.45, 7) is 0.726. The summed E-state index contributed by atoms with van der Waals surface area (Å²) >= 11 is 5.76. The number of aromatic nitrogens is 1. The molecule has 0 radical (unpaired) electrons. The van der Waals surface area contributed by atoms with Gasteiger partial charge in [-0.05, 0) is 42.3 Å². The Hall–Kier alpha value is -1.61. The van der Waals surface area contributed by atoms with Crippen molar-refractivity contribution in [2.45, 2.75) is 6.42 Å². The molecule has 1 heterocycles. The third kappa shape index (κ3) is 3.71. The molecule has 17 heavy (non-hydrogen) atoms. The van der Waals surface area contributed by atoms with Crippen molar-refractivity contribution >= 4 is 17.3 Å². The van der Waals surface area contributed by atoms with Crippen LogP contribution in [0.15, 0.2) is 42.7 Å². The highest BCUT2D eigenvalue weighted by Crippen LogP contribution is 2.17. The average molecular weight is 251 g/mol. The molecule has 1 aromatic heterocycles. The molecule has 0 unspecified atom stereocenters. The molecular formula is C13H12ClFN2. The van der Waals surface area contributed by atoms with E-state index in [1.807, 2.05) is 12.1 Å². The number of hydrogen-bond donors (Lipinski definition) is 1. The highest BCUT2D eigenvalue weighted by atomic mass is 35.5. The van der Waals surface area contributed by atoms with E-state index in [-0.39, 0.29) is 5.82 Å². The van der Waals surface area contributed by atoms with Crippen molar-refractivity contribution < 1.29 is 4.39 Å². The summed E-state index contributed by atoms with van der Waals surface area (Å²) in [7, 11) is 0. The maximum Gasteiger partial charge on any atom is 0.126 e. The number of benzene rings is 1. The zero-order valence-corrected chi connectivity index (χ0v) is 9.91. The minimum Gasteiger partial charge on any atom is -0.385 e. The standard InChI is InChI=1S/C13H12ClFN2/c14-11-7-12(15)9-13(8-11)17-6-3-10-1-4-16-5-2-10/h1-2,4-5,7-9,17H,3,6H2. The Morgan fingerprint density at radius 3 is 2.65 bits per heavy atom. The third-order valence-corrected chi connectivity index (χ3v) is 2.57. The van der Waals surface area contributed by atoms with Crippen LogP contribution in [-0.4, -0.2) is 11.5 Å². The zero-order valence-electron chi connectivity index (χ0n) is 9.16. The van der Waals surface area contributed by atoms with E-state index in [0.29, 0.717) is 10.7 Å². The van der Waals surface area contributed by atoms with Crippen LogP contribution in [0.2, 0.25) is 5.02 Å². The maximum atomic E-state index is 13.0. The van der Waals surface area contributed by atoms with Gasteiger partial charge in [-0.2, -0.15) is 0 Å². The van der Waals surface area contributed by atoms with E-state index >= 15 is 0 Å². The van der Waals surface area contributed by atoms with Crippen molar-refractivity contribution in [3.05, 3.63) is 59.1 Å². The molecule has 0 atom stereocenters. The number of pyridine rings is 1. The summed E-state index contributed by atoms with van der Waals surface area (Å²) in [5.41, 5.74) is 1.89. The van der Waals surface area contributed by atoms with Gasteiger partial charge in [0.2, 0.25) is 0 Å². The Kier molecular flexibility index (Phi) is 3.94. The van der Waals surface area contributed by atoms with Crippen molar-refractivity contribution in [2.24, 2.45) is 0 Å². The van der Waals surface area contributed by atoms with Crippen LogP contribution in [0, 0.1) is 5.82 Å². The van der Waals surface area contributed by atoms with Gasteiger partial charge in [0.05, 0.1) is 0 Å². The van der Waals surface area contributed by atoms with Gasteiger partial charge in [0, 0.05) is 29.6 Å². The SMILES string of the molecule is Fc1cc(Cl)cc(NCCc2ccncc2)c1. The van der Waals surface area contributed by atoms with Gasteiger partial charge in [0.1, 0.15) is 5.82 Å². The number of halogens is 2. The molecule has 0 aliphatic heterocycles. The number of anilines is 1. The van der Waals surface area contributed by atoms with Crippen LogP contribution >= 0.6 is 11.6 Å². The normalized spacial score (nSPS) is 10.2. The molecule has 0 fully saturated rings. The third-order valence-electron chi connectivity index (χ3n) is 2.35. The second-order valence-corrected chi connectivity index (χ2v) is 4.13. The van der Waals surface area contributed by atoms with Crippen molar-refractivity contribution in [1.82, 2.24) is 4.98 Å². The van der Waals surface area contributed by atoms with Crippen LogP contribution < -0.4 is 5.32 Å². The number of rotatable bonds is 4. The van der Waals surface area contributed by atoms with E-state index in [4.69, 9.17) is 11.6 Å². The lowest BCUT2D eigenvalue weighted by Crippen LogP contribution is -2.05. The van der Waals surface area contributed by atoms with E-state index in [2.05, 4.69) is 10.3 Å². The molecule has 1 aromatic carbocycles. The monoisotopic (exact) mass is 250 g/mol. The Balaban J connectivity index is 1.90. The smallest absolute Gasteiger partial charge is 0.126 e. The molecule has 0 amide bonds. The first-order valence-corrected chi connectivity index (χ1v) is 5.71. The van der Waals surface area contributed by atoms with Crippen molar-refractivity contribution in [3.8, 4) is 0 Å². The first-order chi connectivity index (χ1) is 8.24. The number of hydrogen-bond acceptors (Lipinski definition) is 2. The maximum absolute atomic E-state index is 13.0. The molecule has 2 aromatic rings. The van der Waals surface area contributed by atoms with Crippen LogP contribution in [0.1, 0.15) is 5.56 Å². The second kappa shape index (κ2) is 5.64. The highest BCUT2D eigenvalue weighted by molar-refractivity contribution is 6.30. The predicted octanol–water partition coefficient (Wildman–Crippen LogP) is 3.53. The van der Waals surface area contributed by atoms with E-state index < -0.39 is 0 Å². The second-order valence-electron chi connectivity index (χ2n) is 3.69. The minimum absolute atomic E-state index is 0.330. The van der Waals surface area contributed by atoms with Gasteiger partial charge in [-0.15, -0.1) is 0 Å². The fourth-order valence-corrected chi connectivity index (χ4v) is 1.78. The summed E-state index contributed by atoms with van der Waals surface area (Å²) in [6, 6.07) is 8.34. The van der Waals surface area contributed by atoms with Gasteiger partial charge in [-0.1, -0.05) is 11.6 Å². The van der Waals surface area contributed by atoms with Crippen LogP contribution in [0.3, 0.4) is 0 Å². The molecule has 0 spiro atoms. The molecule has 4 heteroatoms. The highest BCUT2D eigenvalue weighted by Gasteiger charge is 1.98. The Morgan fingerprint density at radius 1 is 1.18 bits per heavy atom. The van der Waals surface area contributed by atoms with Gasteiger partial charge in [-0.3, -0.25) is 4.98 Å². The Labute approximate surface area is 104 Å². The molecule has 0 saturated heterocycles. The molecule has 0 aliphatic rings. The van der Waals surface area contributed by atoms with Gasteiger partial charge >= 0.3 is 0 Å². The van der Waals surface area contributed by atoms with Crippen LogP contribution in [-0.2, 0) is 6.42 Å². The van der Waals surface area contributed by atoms with Gasteiger partial charge in [-0.25, -0.2) is 4.39 Å². The Morgan fingerprint density at radius 2 is 1.94 bits per heavy atom. The van der Waals surface area contributed by atoms with E-state index in [1.54, 1.807) is 18.5 Å². The molecule has 1 N–H and O–H groups in total. The summed E-state index contributed by atoms with van der Waals surface area (Å²) in [5.74, 6) is -0.330. The van der Waals surface area contributed by atoms with E-state index in [0.717, 1.165) is 13.0 Å². The number of nitrogens with one attached hydrogen (secondary N) is 1.